The van der Waals surface area contributed by atoms with Crippen molar-refractivity contribution in [2.24, 2.45) is 0 Å². The molecule has 2 saturated heterocycles. The molecular weight excluding hydrogens is 783 g/mol. The summed E-state index contributed by atoms with van der Waals surface area (Å²) in [5.74, 6) is 0.844. The molecule has 15 nitrogen and oxygen atoms in total. The predicted octanol–water partition coefficient (Wildman–Crippen LogP) is 4.41. The van der Waals surface area contributed by atoms with E-state index in [0.29, 0.717) is 82.4 Å². The van der Waals surface area contributed by atoms with E-state index >= 15 is 0 Å². The third kappa shape index (κ3) is 5.88. The topological polar surface area (TPSA) is 175 Å². The van der Waals surface area contributed by atoms with E-state index in [1.165, 1.54) is 32.9 Å². The molecule has 1 unspecified atom stereocenters. The van der Waals surface area contributed by atoms with E-state index in [1.54, 1.807) is 12.1 Å². The molecule has 0 radical (unpaired) electrons. The first-order valence-corrected chi connectivity index (χ1v) is 21.1. The molecule has 0 aromatic heterocycles. The maximum absolute atomic E-state index is 14.9. The number of aliphatic hydroxyl groups is 1. The van der Waals surface area contributed by atoms with Crippen LogP contribution in [0.2, 0.25) is 0 Å². The largest absolute Gasteiger partial charge is 0.504 e. The van der Waals surface area contributed by atoms with Crippen molar-refractivity contribution in [1.82, 2.24) is 15.1 Å². The van der Waals surface area contributed by atoms with Crippen LogP contribution in [0.15, 0.2) is 18.2 Å². The van der Waals surface area contributed by atoms with Crippen LogP contribution in [0.5, 0.6) is 40.2 Å². The van der Waals surface area contributed by atoms with E-state index < -0.39 is 53.1 Å². The lowest BCUT2D eigenvalue weighted by molar-refractivity contribution is -0.186. The maximum Gasteiger partial charge on any atom is 0.331 e. The van der Waals surface area contributed by atoms with Crippen LogP contribution in [0.4, 0.5) is 0 Å². The molecule has 59 heavy (non-hydrogen) atoms. The molecule has 3 N–H and O–H groups in total. The standard InChI is InChI=1S/C43H49N3O12S/c1-8-9-29(48)58-28-14-22-10-11-44-43(24(22)15-27(28)52-6)17-59-40-32-31(39-38(55-18-56-39)20(3)37(32)57-21(4)47)26(16-54-42(43)51)46-34(40)33-30-23(13-25(41(46)50)45(33)5)12-19(2)36(53-7)35(30)49/h12,14-15,25-26,33-34,40-41,44,49-50H,8-11,13,16-18H2,1-7H3/t25-,26-,33-,34?,40-,41+,43-/m1/s1. The van der Waals surface area contributed by atoms with E-state index in [0.717, 1.165) is 16.7 Å². The van der Waals surface area contributed by atoms with Crippen LogP contribution in [-0.4, -0.2) is 103 Å². The van der Waals surface area contributed by atoms with Crippen LogP contribution < -0.4 is 33.7 Å². The first-order valence-electron chi connectivity index (χ1n) is 20.0. The number of carbonyl (C=O) groups is 3. The van der Waals surface area contributed by atoms with Crippen LogP contribution in [0.3, 0.4) is 0 Å². The number of ether oxygens (including phenoxy) is 7. The Morgan fingerprint density at radius 2 is 1.78 bits per heavy atom. The van der Waals surface area contributed by atoms with E-state index in [2.05, 4.69) is 10.2 Å². The zero-order valence-corrected chi connectivity index (χ0v) is 34.9. The van der Waals surface area contributed by atoms with Gasteiger partial charge < -0.3 is 43.4 Å². The Hall–Kier alpha value is -4.74. The van der Waals surface area contributed by atoms with Crippen molar-refractivity contribution in [3.63, 3.8) is 0 Å². The minimum atomic E-state index is -1.40. The Kier molecular flexibility index (Phi) is 9.94. The number of esters is 3. The van der Waals surface area contributed by atoms with E-state index in [4.69, 9.17) is 33.2 Å². The van der Waals surface area contributed by atoms with Gasteiger partial charge in [0.1, 0.15) is 18.6 Å². The van der Waals surface area contributed by atoms with Crippen molar-refractivity contribution in [3.05, 3.63) is 62.7 Å². The number of methoxy groups -OCH3 is 2. The number of aryl methyl sites for hydroxylation is 1. The molecule has 314 valence electrons. The van der Waals surface area contributed by atoms with Crippen LogP contribution in [-0.2, 0) is 37.5 Å². The number of fused-ring (bicyclic) bond motifs is 9. The average molecular weight is 832 g/mol. The van der Waals surface area contributed by atoms with Gasteiger partial charge >= 0.3 is 17.9 Å². The highest BCUT2D eigenvalue weighted by Crippen LogP contribution is 2.64. The van der Waals surface area contributed by atoms with Crippen LogP contribution >= 0.6 is 11.8 Å². The van der Waals surface area contributed by atoms with Crippen LogP contribution in [0.1, 0.15) is 88.5 Å². The summed E-state index contributed by atoms with van der Waals surface area (Å²) in [5, 5.41) is 27.6. The number of nitrogens with zero attached hydrogens (tertiary/aromatic N) is 2. The molecule has 2 fully saturated rings. The number of aliphatic hydroxyl groups excluding tert-OH is 1. The number of phenolic OH excluding ortho intramolecular Hbond substituents is 1. The van der Waals surface area contributed by atoms with Crippen molar-refractivity contribution in [2.75, 3.05) is 47.0 Å². The van der Waals surface area contributed by atoms with Gasteiger partial charge in [-0.2, -0.15) is 0 Å². The molecule has 0 saturated carbocycles. The van der Waals surface area contributed by atoms with Gasteiger partial charge in [-0.05, 0) is 74.5 Å². The molecule has 1 spiro atoms. The Morgan fingerprint density at radius 3 is 2.51 bits per heavy atom. The van der Waals surface area contributed by atoms with Gasteiger partial charge in [0.05, 0.1) is 37.6 Å². The first kappa shape index (κ1) is 39.7. The second-order valence-corrected chi connectivity index (χ2v) is 17.3. The van der Waals surface area contributed by atoms with Gasteiger partial charge in [-0.1, -0.05) is 13.0 Å². The van der Waals surface area contributed by atoms with Gasteiger partial charge in [0, 0.05) is 53.9 Å². The maximum atomic E-state index is 14.9. The van der Waals surface area contributed by atoms with E-state index in [1.807, 2.05) is 38.8 Å². The molecule has 10 rings (SSSR count). The third-order valence-electron chi connectivity index (χ3n) is 12.9. The van der Waals surface area contributed by atoms with Gasteiger partial charge in [-0.25, -0.2) is 4.79 Å². The van der Waals surface area contributed by atoms with Crippen LogP contribution in [0.25, 0.3) is 0 Å². The molecule has 7 aliphatic heterocycles. The highest BCUT2D eigenvalue weighted by Gasteiger charge is 2.61. The second kappa shape index (κ2) is 14.8. The molecule has 4 bridgehead atoms. The second-order valence-electron chi connectivity index (χ2n) is 16.1. The molecule has 7 heterocycles. The number of benzene rings is 3. The number of hydrogen-bond acceptors (Lipinski definition) is 16. The lowest BCUT2D eigenvalue weighted by Gasteiger charge is -2.62. The highest BCUT2D eigenvalue weighted by molar-refractivity contribution is 7.99. The van der Waals surface area contributed by atoms with E-state index in [9.17, 15) is 24.6 Å². The van der Waals surface area contributed by atoms with Crippen LogP contribution in [0, 0.1) is 13.8 Å². The summed E-state index contributed by atoms with van der Waals surface area (Å²) in [6.45, 7) is 7.10. The fourth-order valence-corrected chi connectivity index (χ4v) is 12.1. The zero-order valence-electron chi connectivity index (χ0n) is 34.1. The SMILES string of the molecule is CCCC(=O)Oc1cc2c(cc1OC)[C@@]1(CS[C@@H]3c4c(OC(C)=O)c(C)c5c(c4[C@@H](COC1=O)N1C3[C@H]3c4c(cc(C)c(OC)c4O)C[C@H]([C@@H]1O)N3C)OCO5)NCC2. The summed E-state index contributed by atoms with van der Waals surface area (Å²) >= 11 is 1.46. The number of phenols is 1. The summed E-state index contributed by atoms with van der Waals surface area (Å²) < 4.78 is 42.1. The number of rotatable bonds is 6. The van der Waals surface area contributed by atoms with E-state index in [-0.39, 0.29) is 43.0 Å². The number of aromatic hydroxyl groups is 1. The molecule has 7 atom stereocenters. The van der Waals surface area contributed by atoms with Gasteiger partial charge in [-0.3, -0.25) is 24.7 Å². The summed E-state index contributed by atoms with van der Waals surface area (Å²) in [5.41, 5.74) is 4.26. The normalized spacial score (nSPS) is 27.8. The molecular formula is C43H49N3O12S. The molecule has 7 aliphatic rings. The van der Waals surface area contributed by atoms with Crippen molar-refractivity contribution < 1.29 is 57.8 Å². The number of thioether (sulfide) groups is 1. The fourth-order valence-electron chi connectivity index (χ4n) is 10.4. The van der Waals surface area contributed by atoms with Gasteiger partial charge in [0.15, 0.2) is 40.0 Å². The Balaban J connectivity index is 1.27. The summed E-state index contributed by atoms with van der Waals surface area (Å²) in [6.07, 6.45) is 0.787. The lowest BCUT2D eigenvalue weighted by atomic mass is 9.73. The molecule has 0 aliphatic carbocycles. The minimum absolute atomic E-state index is 0.0303. The molecule has 3 aromatic rings. The highest BCUT2D eigenvalue weighted by atomic mass is 32.2. The average Bonchev–Trinajstić information content (AvgIpc) is 3.70. The number of nitrogens with one attached hydrogen (secondary N) is 1. The minimum Gasteiger partial charge on any atom is -0.504 e. The first-order chi connectivity index (χ1) is 28.3. The smallest absolute Gasteiger partial charge is 0.331 e. The van der Waals surface area contributed by atoms with Gasteiger partial charge in [-0.15, -0.1) is 11.8 Å². The Bertz CT molecular complexity index is 2280. The zero-order chi connectivity index (χ0) is 41.7. The molecule has 16 heteroatoms. The number of likely N-dealkylation sites (N-methyl/N-ethyl adjacent to an activating group) is 1. The van der Waals surface area contributed by atoms with Crippen molar-refractivity contribution in [1.29, 1.82) is 0 Å². The lowest BCUT2D eigenvalue weighted by Crippen LogP contribution is -2.70. The number of carbonyl (C=O) groups excluding carboxylic acids is 3. The summed E-state index contributed by atoms with van der Waals surface area (Å²) in [6, 6.07) is 3.24. The Morgan fingerprint density at radius 1 is 1.00 bits per heavy atom. The van der Waals surface area contributed by atoms with Gasteiger partial charge in [0.25, 0.3) is 0 Å². The Labute approximate surface area is 346 Å². The van der Waals surface area contributed by atoms with Crippen molar-refractivity contribution >= 4 is 29.7 Å². The third-order valence-corrected chi connectivity index (χ3v) is 14.4. The fraction of sp³-hybridized carbons (Fsp3) is 0.512. The summed E-state index contributed by atoms with van der Waals surface area (Å²) in [4.78, 5) is 44.7. The number of piperazine rings is 1. The predicted molar refractivity (Wildman–Crippen MR) is 213 cm³/mol. The summed E-state index contributed by atoms with van der Waals surface area (Å²) in [7, 11) is 4.98. The van der Waals surface area contributed by atoms with Gasteiger partial charge in [0.2, 0.25) is 6.79 Å². The quantitative estimate of drug-likeness (QED) is 0.235. The number of hydrogen-bond donors (Lipinski definition) is 3. The van der Waals surface area contributed by atoms with Crippen molar-refractivity contribution in [2.45, 2.75) is 94.6 Å². The molecule has 3 aromatic carbocycles. The molecule has 0 amide bonds. The monoisotopic (exact) mass is 831 g/mol. The van der Waals surface area contributed by atoms with Crippen molar-refractivity contribution in [3.8, 4) is 40.2 Å².